The van der Waals surface area contributed by atoms with E-state index >= 15 is 4.39 Å². The molecule has 10 heteroatoms. The van der Waals surface area contributed by atoms with Gasteiger partial charge in [-0.2, -0.15) is 0 Å². The monoisotopic (exact) mass is 537 g/mol. The highest BCUT2D eigenvalue weighted by Gasteiger charge is 2.24. The van der Waals surface area contributed by atoms with Crippen molar-refractivity contribution in [2.24, 2.45) is 7.05 Å². The maximum Gasteiger partial charge on any atom is 0.322 e. The highest BCUT2D eigenvalue weighted by atomic mass is 19.1. The summed E-state index contributed by atoms with van der Waals surface area (Å²) in [6, 6.07) is 12.1. The van der Waals surface area contributed by atoms with Gasteiger partial charge in [-0.3, -0.25) is 4.79 Å². The number of nitrogens with zero attached hydrogens (tertiary/aromatic N) is 5. The Morgan fingerprint density at radius 2 is 1.95 bits per heavy atom. The predicted molar refractivity (Wildman–Crippen MR) is 153 cm³/mol. The molecule has 3 heterocycles. The average molecular weight is 538 g/mol. The molecule has 5 rings (SSSR count). The standard InChI is InChI=1S/C30H28FN7O2/c1-6-18-13-20(37-29(39)16(2)3)8-9-21(18)26-24(25-27(32)34-15-35-28(25)38(26)5)19-7-10-23(22(31)14-19)40-30-33-12-11-17(4)36-30/h7-15H,2,6H2,1,3-5H3,(H,37,39)(H2,32,34,35). The Bertz CT molecular complexity index is 1800. The number of nitrogens with two attached hydrogens (primary N) is 1. The van der Waals surface area contributed by atoms with Gasteiger partial charge in [0.15, 0.2) is 11.6 Å². The second-order valence-electron chi connectivity index (χ2n) is 9.43. The lowest BCUT2D eigenvalue weighted by atomic mass is 9.94. The number of fused-ring (bicyclic) bond motifs is 1. The highest BCUT2D eigenvalue weighted by Crippen LogP contribution is 2.44. The van der Waals surface area contributed by atoms with Crippen molar-refractivity contribution in [3.8, 4) is 34.1 Å². The van der Waals surface area contributed by atoms with E-state index in [1.165, 1.54) is 18.5 Å². The van der Waals surface area contributed by atoms with Crippen molar-refractivity contribution in [2.75, 3.05) is 11.1 Å². The lowest BCUT2D eigenvalue weighted by Gasteiger charge is -2.15. The third kappa shape index (κ3) is 4.86. The minimum atomic E-state index is -0.588. The first kappa shape index (κ1) is 26.5. The van der Waals surface area contributed by atoms with E-state index < -0.39 is 5.82 Å². The largest absolute Gasteiger partial charge is 0.421 e. The third-order valence-electron chi connectivity index (χ3n) is 6.58. The van der Waals surface area contributed by atoms with Crippen LogP contribution < -0.4 is 15.8 Å². The molecule has 2 aromatic carbocycles. The van der Waals surface area contributed by atoms with Gasteiger partial charge in [-0.25, -0.2) is 24.3 Å². The zero-order valence-electron chi connectivity index (χ0n) is 22.6. The van der Waals surface area contributed by atoms with Crippen LogP contribution in [0.15, 0.2) is 67.1 Å². The number of carbonyl (C=O) groups excluding carboxylic acids is 1. The van der Waals surface area contributed by atoms with Gasteiger partial charge in [0.1, 0.15) is 17.8 Å². The molecule has 5 aromatic rings. The molecule has 1 amide bonds. The number of ether oxygens (including phenoxy) is 1. The Labute approximate surface area is 230 Å². The Morgan fingerprint density at radius 1 is 1.15 bits per heavy atom. The Kier molecular flexibility index (Phi) is 7.00. The lowest BCUT2D eigenvalue weighted by molar-refractivity contribution is -0.112. The molecule has 0 saturated carbocycles. The van der Waals surface area contributed by atoms with Crippen molar-refractivity contribution < 1.29 is 13.9 Å². The normalized spacial score (nSPS) is 11.0. The van der Waals surface area contributed by atoms with Crippen molar-refractivity contribution in [1.82, 2.24) is 24.5 Å². The number of halogens is 1. The number of anilines is 2. The van der Waals surface area contributed by atoms with Gasteiger partial charge in [-0.1, -0.05) is 25.6 Å². The molecule has 0 unspecified atom stereocenters. The molecule has 0 fully saturated rings. The molecular formula is C30H28FN7O2. The van der Waals surface area contributed by atoms with E-state index in [1.807, 2.05) is 36.7 Å². The summed E-state index contributed by atoms with van der Waals surface area (Å²) in [5.41, 5.74) is 12.6. The fraction of sp³-hybridized carbons (Fsp3) is 0.167. The van der Waals surface area contributed by atoms with Gasteiger partial charge < -0.3 is 20.4 Å². The molecule has 0 aliphatic rings. The highest BCUT2D eigenvalue weighted by molar-refractivity contribution is 6.08. The number of nitrogen functional groups attached to an aromatic ring is 1. The van der Waals surface area contributed by atoms with Crippen LogP contribution in [-0.4, -0.2) is 30.4 Å². The maximum atomic E-state index is 15.5. The number of nitrogens with one attached hydrogen (secondary N) is 1. The van der Waals surface area contributed by atoms with Crippen LogP contribution >= 0.6 is 0 Å². The fourth-order valence-electron chi connectivity index (χ4n) is 4.62. The summed E-state index contributed by atoms with van der Waals surface area (Å²) in [6.07, 6.45) is 3.63. The van der Waals surface area contributed by atoms with Gasteiger partial charge in [0.05, 0.1) is 11.1 Å². The summed E-state index contributed by atoms with van der Waals surface area (Å²) in [4.78, 5) is 29.1. The van der Waals surface area contributed by atoms with Crippen molar-refractivity contribution in [1.29, 1.82) is 0 Å². The summed E-state index contributed by atoms with van der Waals surface area (Å²) in [5, 5.41) is 3.48. The molecule has 202 valence electrons. The van der Waals surface area contributed by atoms with Gasteiger partial charge in [0, 0.05) is 41.3 Å². The van der Waals surface area contributed by atoms with E-state index in [4.69, 9.17) is 10.5 Å². The second kappa shape index (κ2) is 10.6. The minimum absolute atomic E-state index is 0.00721. The summed E-state index contributed by atoms with van der Waals surface area (Å²) < 4.78 is 23.0. The van der Waals surface area contributed by atoms with E-state index in [-0.39, 0.29) is 23.5 Å². The van der Waals surface area contributed by atoms with Crippen LogP contribution in [0.1, 0.15) is 25.1 Å². The molecule has 0 spiro atoms. The quantitative estimate of drug-likeness (QED) is 0.245. The van der Waals surface area contributed by atoms with Gasteiger partial charge in [0.25, 0.3) is 5.91 Å². The zero-order valence-corrected chi connectivity index (χ0v) is 22.6. The number of hydrogen-bond acceptors (Lipinski definition) is 7. The molecule has 3 N–H and O–H groups in total. The van der Waals surface area contributed by atoms with Crippen LogP contribution in [0.5, 0.6) is 11.8 Å². The molecule has 0 atom stereocenters. The summed E-state index contributed by atoms with van der Waals surface area (Å²) in [6.45, 7) is 9.18. The van der Waals surface area contributed by atoms with Gasteiger partial charge >= 0.3 is 6.01 Å². The van der Waals surface area contributed by atoms with Gasteiger partial charge in [-0.15, -0.1) is 0 Å². The molecule has 0 aliphatic carbocycles. The van der Waals surface area contributed by atoms with Crippen molar-refractivity contribution in [3.63, 3.8) is 0 Å². The van der Waals surface area contributed by atoms with Crippen LogP contribution in [0.4, 0.5) is 15.9 Å². The number of hydrogen-bond donors (Lipinski definition) is 2. The van der Waals surface area contributed by atoms with Gasteiger partial charge in [0.2, 0.25) is 0 Å². The minimum Gasteiger partial charge on any atom is -0.421 e. The number of aromatic nitrogens is 5. The van der Waals surface area contributed by atoms with Crippen LogP contribution in [0.3, 0.4) is 0 Å². The average Bonchev–Trinajstić information content (AvgIpc) is 3.23. The number of rotatable bonds is 7. The summed E-state index contributed by atoms with van der Waals surface area (Å²) in [5.74, 6) is -0.571. The van der Waals surface area contributed by atoms with Crippen LogP contribution in [0.25, 0.3) is 33.4 Å². The molecule has 0 radical (unpaired) electrons. The Balaban J connectivity index is 1.67. The Hall–Kier alpha value is -5.12. The number of carbonyl (C=O) groups is 1. The molecule has 0 saturated heterocycles. The molecule has 3 aromatic heterocycles. The van der Waals surface area contributed by atoms with Crippen LogP contribution in [-0.2, 0) is 18.3 Å². The van der Waals surface area contributed by atoms with Gasteiger partial charge in [-0.05, 0) is 61.7 Å². The predicted octanol–water partition coefficient (Wildman–Crippen LogP) is 5.99. The molecule has 0 aliphatic heterocycles. The van der Waals surface area contributed by atoms with Crippen molar-refractivity contribution in [2.45, 2.75) is 27.2 Å². The third-order valence-corrected chi connectivity index (χ3v) is 6.58. The number of benzene rings is 2. The first-order chi connectivity index (χ1) is 19.2. The maximum absolute atomic E-state index is 15.5. The lowest BCUT2D eigenvalue weighted by Crippen LogP contribution is -2.12. The van der Waals surface area contributed by atoms with E-state index in [2.05, 4.69) is 31.8 Å². The molecule has 9 nitrogen and oxygen atoms in total. The zero-order chi connectivity index (χ0) is 28.6. The topological polar surface area (TPSA) is 121 Å². The van der Waals surface area contributed by atoms with E-state index in [0.29, 0.717) is 45.5 Å². The first-order valence-electron chi connectivity index (χ1n) is 12.6. The van der Waals surface area contributed by atoms with E-state index in [0.717, 1.165) is 16.8 Å². The van der Waals surface area contributed by atoms with Crippen molar-refractivity contribution >= 4 is 28.4 Å². The fourth-order valence-corrected chi connectivity index (χ4v) is 4.62. The molecule has 0 bridgehead atoms. The number of amides is 1. The molecular weight excluding hydrogens is 509 g/mol. The van der Waals surface area contributed by atoms with E-state index in [1.54, 1.807) is 32.2 Å². The smallest absolute Gasteiger partial charge is 0.322 e. The van der Waals surface area contributed by atoms with Crippen molar-refractivity contribution in [3.05, 3.63) is 84.2 Å². The SMILES string of the molecule is C=C(C)C(=O)Nc1ccc(-c2c(-c3ccc(Oc4nccc(C)n4)c(F)c3)c3c(N)ncnc3n2C)c(CC)c1. The summed E-state index contributed by atoms with van der Waals surface area (Å²) in [7, 11) is 1.88. The Morgan fingerprint density at radius 3 is 2.65 bits per heavy atom. The van der Waals surface area contributed by atoms with E-state index in [9.17, 15) is 4.79 Å². The molecule has 40 heavy (non-hydrogen) atoms. The number of aryl methyl sites for hydroxylation is 3. The van der Waals surface area contributed by atoms with Crippen LogP contribution in [0, 0.1) is 12.7 Å². The summed E-state index contributed by atoms with van der Waals surface area (Å²) >= 11 is 0. The second-order valence-corrected chi connectivity index (χ2v) is 9.43. The first-order valence-corrected chi connectivity index (χ1v) is 12.6. The van der Waals surface area contributed by atoms with Crippen LogP contribution in [0.2, 0.25) is 0 Å².